The van der Waals surface area contributed by atoms with E-state index in [-0.39, 0.29) is 5.91 Å². The fraction of sp³-hybridized carbons (Fsp3) is 0.900. The molecule has 0 aliphatic heterocycles. The summed E-state index contributed by atoms with van der Waals surface area (Å²) in [5.41, 5.74) is 0. The van der Waals surface area contributed by atoms with E-state index in [1.807, 2.05) is 18.7 Å². The van der Waals surface area contributed by atoms with Gasteiger partial charge in [-0.1, -0.05) is 20.8 Å². The molecule has 72 valence electrons. The van der Waals surface area contributed by atoms with Crippen molar-refractivity contribution in [2.45, 2.75) is 40.5 Å². The van der Waals surface area contributed by atoms with Crippen molar-refractivity contribution in [3.05, 3.63) is 0 Å². The Morgan fingerprint density at radius 3 is 2.25 bits per heavy atom. The highest BCUT2D eigenvalue weighted by Crippen LogP contribution is 2.03. The highest BCUT2D eigenvalue weighted by molar-refractivity contribution is 5.75. The third-order valence-corrected chi connectivity index (χ3v) is 2.01. The van der Waals surface area contributed by atoms with E-state index in [1.165, 1.54) is 0 Å². The number of rotatable bonds is 5. The molecule has 12 heavy (non-hydrogen) atoms. The van der Waals surface area contributed by atoms with Gasteiger partial charge in [0.25, 0.3) is 0 Å². The molecular formula is C10H21NO. The van der Waals surface area contributed by atoms with Gasteiger partial charge < -0.3 is 4.90 Å². The van der Waals surface area contributed by atoms with E-state index in [1.54, 1.807) is 0 Å². The van der Waals surface area contributed by atoms with Crippen LogP contribution in [0.5, 0.6) is 0 Å². The van der Waals surface area contributed by atoms with Crippen molar-refractivity contribution < 1.29 is 4.79 Å². The zero-order valence-electron chi connectivity index (χ0n) is 8.76. The molecule has 0 aliphatic carbocycles. The second kappa shape index (κ2) is 6.04. The molecule has 0 rings (SSSR count). The van der Waals surface area contributed by atoms with Crippen LogP contribution in [0.25, 0.3) is 0 Å². The Labute approximate surface area is 75.9 Å². The third-order valence-electron chi connectivity index (χ3n) is 2.01. The molecule has 0 aliphatic rings. The molecule has 1 amide bonds. The largest absolute Gasteiger partial charge is 0.343 e. The van der Waals surface area contributed by atoms with Gasteiger partial charge in [0.1, 0.15) is 0 Å². The van der Waals surface area contributed by atoms with Gasteiger partial charge in [-0.05, 0) is 19.3 Å². The van der Waals surface area contributed by atoms with Crippen molar-refractivity contribution in [2.75, 3.05) is 13.1 Å². The van der Waals surface area contributed by atoms with Crippen LogP contribution in [0.3, 0.4) is 0 Å². The molecule has 0 aromatic heterocycles. The Hall–Kier alpha value is -0.530. The summed E-state index contributed by atoms with van der Waals surface area (Å²) in [5, 5.41) is 0. The van der Waals surface area contributed by atoms with Crippen LogP contribution in [0.15, 0.2) is 0 Å². The highest BCUT2D eigenvalue weighted by atomic mass is 16.2. The summed E-state index contributed by atoms with van der Waals surface area (Å²) >= 11 is 0. The number of carbonyl (C=O) groups excluding carboxylic acids is 1. The molecule has 0 aromatic rings. The monoisotopic (exact) mass is 171 g/mol. The van der Waals surface area contributed by atoms with Crippen LogP contribution < -0.4 is 0 Å². The van der Waals surface area contributed by atoms with Crippen molar-refractivity contribution in [1.82, 2.24) is 4.90 Å². The van der Waals surface area contributed by atoms with Crippen molar-refractivity contribution in [1.29, 1.82) is 0 Å². The summed E-state index contributed by atoms with van der Waals surface area (Å²) in [7, 11) is 0. The highest BCUT2D eigenvalue weighted by Gasteiger charge is 2.08. The van der Waals surface area contributed by atoms with E-state index in [2.05, 4.69) is 13.8 Å². The summed E-state index contributed by atoms with van der Waals surface area (Å²) in [6.07, 6.45) is 1.74. The summed E-state index contributed by atoms with van der Waals surface area (Å²) in [4.78, 5) is 13.2. The van der Waals surface area contributed by atoms with Crippen LogP contribution in [0.1, 0.15) is 40.5 Å². The van der Waals surface area contributed by atoms with Crippen LogP contribution in [-0.2, 0) is 4.79 Å². The first-order valence-corrected chi connectivity index (χ1v) is 4.89. The Morgan fingerprint density at radius 2 is 1.92 bits per heavy atom. The lowest BCUT2D eigenvalue weighted by atomic mass is 10.1. The Morgan fingerprint density at radius 1 is 1.33 bits per heavy atom. The first-order chi connectivity index (χ1) is 5.61. The van der Waals surface area contributed by atoms with Crippen LogP contribution in [0, 0.1) is 5.92 Å². The lowest BCUT2D eigenvalue weighted by molar-refractivity contribution is -0.130. The zero-order valence-corrected chi connectivity index (χ0v) is 8.76. The van der Waals surface area contributed by atoms with Gasteiger partial charge in [-0.15, -0.1) is 0 Å². The Bertz CT molecular complexity index is 132. The predicted octanol–water partition coefficient (Wildman–Crippen LogP) is 2.29. The van der Waals surface area contributed by atoms with Crippen LogP contribution >= 0.6 is 0 Å². The van der Waals surface area contributed by atoms with E-state index < -0.39 is 0 Å². The van der Waals surface area contributed by atoms with Crippen molar-refractivity contribution >= 4 is 5.91 Å². The molecule has 0 saturated heterocycles. The third kappa shape index (κ3) is 4.37. The van der Waals surface area contributed by atoms with Crippen LogP contribution in [0.2, 0.25) is 0 Å². The minimum absolute atomic E-state index is 0.276. The number of nitrogens with zero attached hydrogens (tertiary/aromatic N) is 1. The molecule has 0 spiro atoms. The van der Waals surface area contributed by atoms with Crippen molar-refractivity contribution in [2.24, 2.45) is 5.92 Å². The number of hydrogen-bond donors (Lipinski definition) is 0. The van der Waals surface area contributed by atoms with Gasteiger partial charge in [-0.25, -0.2) is 0 Å². The molecule has 0 saturated carbocycles. The molecule has 0 unspecified atom stereocenters. The van der Waals surface area contributed by atoms with Crippen molar-refractivity contribution in [3.63, 3.8) is 0 Å². The minimum Gasteiger partial charge on any atom is -0.343 e. The van der Waals surface area contributed by atoms with Crippen molar-refractivity contribution in [3.8, 4) is 0 Å². The average molecular weight is 171 g/mol. The molecule has 0 radical (unpaired) electrons. The molecule has 0 aromatic carbocycles. The first kappa shape index (κ1) is 11.5. The topological polar surface area (TPSA) is 20.3 Å². The molecule has 0 N–H and O–H groups in total. The summed E-state index contributed by atoms with van der Waals surface area (Å²) < 4.78 is 0. The molecule has 0 bridgehead atoms. The standard InChI is InChI=1S/C10H21NO/c1-5-10(12)11(6-2)8-7-9(3)4/h9H,5-8H2,1-4H3. The number of amides is 1. The minimum atomic E-state index is 0.276. The fourth-order valence-corrected chi connectivity index (χ4v) is 1.10. The van der Waals surface area contributed by atoms with Gasteiger partial charge in [0, 0.05) is 19.5 Å². The number of hydrogen-bond acceptors (Lipinski definition) is 1. The van der Waals surface area contributed by atoms with Crippen LogP contribution in [-0.4, -0.2) is 23.9 Å². The van der Waals surface area contributed by atoms with E-state index in [0.717, 1.165) is 19.5 Å². The second-order valence-corrected chi connectivity index (χ2v) is 3.51. The Kier molecular flexibility index (Phi) is 5.77. The smallest absolute Gasteiger partial charge is 0.222 e. The van der Waals surface area contributed by atoms with E-state index >= 15 is 0 Å². The molecule has 0 atom stereocenters. The maximum absolute atomic E-state index is 11.3. The molecule has 0 heterocycles. The average Bonchev–Trinajstić information content (AvgIpc) is 2.04. The van der Waals surface area contributed by atoms with E-state index in [0.29, 0.717) is 12.3 Å². The summed E-state index contributed by atoms with van der Waals surface area (Å²) in [6.45, 7) is 10.1. The van der Waals surface area contributed by atoms with Gasteiger partial charge >= 0.3 is 0 Å². The van der Waals surface area contributed by atoms with E-state index in [9.17, 15) is 4.79 Å². The summed E-state index contributed by atoms with van der Waals surface area (Å²) in [6, 6.07) is 0. The second-order valence-electron chi connectivity index (χ2n) is 3.51. The van der Waals surface area contributed by atoms with Crippen LogP contribution in [0.4, 0.5) is 0 Å². The fourth-order valence-electron chi connectivity index (χ4n) is 1.10. The predicted molar refractivity (Wildman–Crippen MR) is 52.0 cm³/mol. The lowest BCUT2D eigenvalue weighted by Gasteiger charge is -2.20. The normalized spacial score (nSPS) is 10.4. The molecule has 2 heteroatoms. The van der Waals surface area contributed by atoms with Gasteiger partial charge in [-0.3, -0.25) is 4.79 Å². The Balaban J connectivity index is 3.75. The molecule has 0 fully saturated rings. The first-order valence-electron chi connectivity index (χ1n) is 4.89. The van der Waals surface area contributed by atoms with E-state index in [4.69, 9.17) is 0 Å². The van der Waals surface area contributed by atoms with Gasteiger partial charge in [0.15, 0.2) is 0 Å². The number of carbonyl (C=O) groups is 1. The van der Waals surface area contributed by atoms with Gasteiger partial charge in [0.2, 0.25) is 5.91 Å². The zero-order chi connectivity index (χ0) is 9.56. The van der Waals surface area contributed by atoms with Gasteiger partial charge in [0.05, 0.1) is 0 Å². The quantitative estimate of drug-likeness (QED) is 0.621. The SMILES string of the molecule is CCC(=O)N(CC)CCC(C)C. The lowest BCUT2D eigenvalue weighted by Crippen LogP contribution is -2.31. The van der Waals surface area contributed by atoms with Gasteiger partial charge in [-0.2, -0.15) is 0 Å². The molecule has 2 nitrogen and oxygen atoms in total. The maximum Gasteiger partial charge on any atom is 0.222 e. The summed E-state index contributed by atoms with van der Waals surface area (Å²) in [5.74, 6) is 0.960. The maximum atomic E-state index is 11.3. The molecular weight excluding hydrogens is 150 g/mol.